The molecule has 2 aromatic rings. The third-order valence-electron chi connectivity index (χ3n) is 4.19. The zero-order valence-electron chi connectivity index (χ0n) is 14.5. The predicted octanol–water partition coefficient (Wildman–Crippen LogP) is 5.35. The Morgan fingerprint density at radius 2 is 1.76 bits per heavy atom. The lowest BCUT2D eigenvalue weighted by atomic mass is 10.2. The molecule has 2 aromatic carbocycles. The number of ether oxygens (including phenoxy) is 1. The summed E-state index contributed by atoms with van der Waals surface area (Å²) in [7, 11) is 0. The van der Waals surface area contributed by atoms with Crippen LogP contribution in [0.1, 0.15) is 24.0 Å². The largest absolute Gasteiger partial charge is 0.490 e. The van der Waals surface area contributed by atoms with Gasteiger partial charge in [0.25, 0.3) is 0 Å². The minimum absolute atomic E-state index is 0. The van der Waals surface area contributed by atoms with E-state index in [0.717, 1.165) is 24.9 Å². The van der Waals surface area contributed by atoms with E-state index >= 15 is 0 Å². The third-order valence-corrected chi connectivity index (χ3v) is 4.19. The topological polar surface area (TPSA) is 12.5 Å². The number of hydrogen-bond acceptors (Lipinski definition) is 2. The lowest BCUT2D eigenvalue weighted by molar-refractivity contribution is 0.284. The molecule has 1 aliphatic carbocycles. The Labute approximate surface area is 157 Å². The van der Waals surface area contributed by atoms with Crippen molar-refractivity contribution in [3.8, 4) is 5.75 Å². The molecule has 0 N–H and O–H groups in total. The smallest absolute Gasteiger partial charge is 0.119 e. The lowest BCUT2D eigenvalue weighted by Crippen LogP contribution is -2.25. The van der Waals surface area contributed by atoms with Crippen molar-refractivity contribution in [1.82, 2.24) is 4.90 Å². The molecule has 3 heteroatoms. The summed E-state index contributed by atoms with van der Waals surface area (Å²) in [4.78, 5) is 2.55. The van der Waals surface area contributed by atoms with Crippen LogP contribution in [0.3, 0.4) is 0 Å². The molecule has 3 rings (SSSR count). The molecule has 0 unspecified atom stereocenters. The van der Waals surface area contributed by atoms with E-state index < -0.39 is 0 Å². The minimum atomic E-state index is 0. The number of hydrogen-bond donors (Lipinski definition) is 0. The Kier molecular flexibility index (Phi) is 7.77. The molecule has 0 radical (unpaired) electrons. The van der Waals surface area contributed by atoms with Crippen molar-refractivity contribution >= 4 is 18.5 Å². The van der Waals surface area contributed by atoms with Gasteiger partial charge >= 0.3 is 0 Å². The maximum atomic E-state index is 5.55. The summed E-state index contributed by atoms with van der Waals surface area (Å²) in [5.41, 5.74) is 2.60. The maximum absolute atomic E-state index is 5.55. The van der Waals surface area contributed by atoms with E-state index in [0.29, 0.717) is 6.61 Å². The Bertz CT molecular complexity index is 662. The van der Waals surface area contributed by atoms with Crippen LogP contribution in [0.25, 0.3) is 6.08 Å². The molecule has 2 nitrogen and oxygen atoms in total. The van der Waals surface area contributed by atoms with E-state index in [-0.39, 0.29) is 12.4 Å². The van der Waals surface area contributed by atoms with Crippen molar-refractivity contribution in [1.29, 1.82) is 0 Å². The Morgan fingerprint density at radius 3 is 2.40 bits per heavy atom. The second-order valence-electron chi connectivity index (χ2n) is 6.22. The molecule has 0 atom stereocenters. The molecule has 0 aliphatic heterocycles. The van der Waals surface area contributed by atoms with Gasteiger partial charge in [0, 0.05) is 19.1 Å². The number of rotatable bonds is 9. The third kappa shape index (κ3) is 6.41. The first-order valence-corrected chi connectivity index (χ1v) is 8.63. The second kappa shape index (κ2) is 10.1. The molecule has 25 heavy (non-hydrogen) atoms. The van der Waals surface area contributed by atoms with Crippen molar-refractivity contribution in [2.75, 3.05) is 13.2 Å². The Hall–Kier alpha value is -2.03. The molecule has 0 heterocycles. The van der Waals surface area contributed by atoms with Crippen molar-refractivity contribution < 1.29 is 4.74 Å². The van der Waals surface area contributed by atoms with Gasteiger partial charge in [0.15, 0.2) is 0 Å². The summed E-state index contributed by atoms with van der Waals surface area (Å²) in [5, 5.41) is 0. The second-order valence-corrected chi connectivity index (χ2v) is 6.22. The summed E-state index contributed by atoms with van der Waals surface area (Å²) in [6, 6.07) is 19.6. The van der Waals surface area contributed by atoms with Gasteiger partial charge in [-0.1, -0.05) is 67.3 Å². The summed E-state index contributed by atoms with van der Waals surface area (Å²) in [6.07, 6.45) is 8.89. The van der Waals surface area contributed by atoms with Crippen LogP contribution in [0.15, 0.2) is 73.3 Å². The van der Waals surface area contributed by atoms with Gasteiger partial charge in [-0.3, -0.25) is 4.90 Å². The average Bonchev–Trinajstić information content (AvgIpc) is 3.46. The average molecular weight is 356 g/mol. The van der Waals surface area contributed by atoms with Gasteiger partial charge < -0.3 is 4.74 Å². The van der Waals surface area contributed by atoms with Gasteiger partial charge in [-0.2, -0.15) is 0 Å². The lowest BCUT2D eigenvalue weighted by Gasteiger charge is -2.20. The first-order chi connectivity index (χ1) is 11.8. The summed E-state index contributed by atoms with van der Waals surface area (Å²) >= 11 is 0. The van der Waals surface area contributed by atoms with E-state index in [4.69, 9.17) is 4.74 Å². The number of nitrogens with zero attached hydrogens (tertiary/aromatic N) is 1. The highest BCUT2D eigenvalue weighted by atomic mass is 35.5. The van der Waals surface area contributed by atoms with E-state index in [1.54, 1.807) is 6.08 Å². The van der Waals surface area contributed by atoms with E-state index in [1.165, 1.54) is 24.0 Å². The fraction of sp³-hybridized carbons (Fsp3) is 0.273. The van der Waals surface area contributed by atoms with Crippen LogP contribution in [-0.4, -0.2) is 24.1 Å². The highest BCUT2D eigenvalue weighted by Gasteiger charge is 2.27. The normalized spacial score (nSPS) is 13.6. The van der Waals surface area contributed by atoms with E-state index in [9.17, 15) is 0 Å². The molecular weight excluding hydrogens is 330 g/mol. The first-order valence-electron chi connectivity index (χ1n) is 8.63. The van der Waals surface area contributed by atoms with Crippen LogP contribution in [0.2, 0.25) is 0 Å². The molecule has 0 saturated heterocycles. The van der Waals surface area contributed by atoms with Crippen molar-refractivity contribution in [3.05, 3.63) is 84.5 Å². The highest BCUT2D eigenvalue weighted by molar-refractivity contribution is 5.85. The standard InChI is InChI=1S/C22H25NO.ClH/c1-2-17-24-22-14-10-20(11-15-22)18-23(21-12-13-21)16-6-9-19-7-4-3-5-8-19;/h2-11,14-15,21H,1,12-13,16-18H2;1H. The zero-order valence-corrected chi connectivity index (χ0v) is 15.3. The van der Waals surface area contributed by atoms with Crippen LogP contribution in [0.4, 0.5) is 0 Å². The Balaban J connectivity index is 0.00000225. The van der Waals surface area contributed by atoms with Crippen LogP contribution in [0.5, 0.6) is 5.75 Å². The van der Waals surface area contributed by atoms with Crippen LogP contribution in [-0.2, 0) is 6.54 Å². The molecular formula is C22H26ClNO. The van der Waals surface area contributed by atoms with Crippen LogP contribution >= 0.6 is 12.4 Å². The van der Waals surface area contributed by atoms with Crippen molar-refractivity contribution in [2.45, 2.75) is 25.4 Å². The fourth-order valence-electron chi connectivity index (χ4n) is 2.75. The van der Waals surface area contributed by atoms with Crippen LogP contribution in [0, 0.1) is 0 Å². The predicted molar refractivity (Wildman–Crippen MR) is 108 cm³/mol. The summed E-state index contributed by atoms with van der Waals surface area (Å²) in [6.45, 7) is 6.21. The molecule has 1 fully saturated rings. The van der Waals surface area contributed by atoms with Crippen molar-refractivity contribution in [2.24, 2.45) is 0 Å². The summed E-state index contributed by atoms with van der Waals surface area (Å²) < 4.78 is 5.55. The van der Waals surface area contributed by atoms with E-state index in [1.807, 2.05) is 12.1 Å². The number of benzene rings is 2. The molecule has 0 aromatic heterocycles. The molecule has 0 bridgehead atoms. The molecule has 0 amide bonds. The van der Waals surface area contributed by atoms with Crippen LogP contribution < -0.4 is 4.74 Å². The highest BCUT2D eigenvalue weighted by Crippen LogP contribution is 2.28. The van der Waals surface area contributed by atoms with Crippen molar-refractivity contribution in [3.63, 3.8) is 0 Å². The SMILES string of the molecule is C=CCOc1ccc(CN(CC=Cc2ccccc2)C2CC2)cc1.Cl. The molecule has 1 aliphatic rings. The van der Waals surface area contributed by atoms with Gasteiger partial charge in [-0.25, -0.2) is 0 Å². The first kappa shape index (κ1) is 19.3. The van der Waals surface area contributed by atoms with Gasteiger partial charge in [-0.15, -0.1) is 12.4 Å². The maximum Gasteiger partial charge on any atom is 0.119 e. The Morgan fingerprint density at radius 1 is 1.04 bits per heavy atom. The fourth-order valence-corrected chi connectivity index (χ4v) is 2.75. The monoisotopic (exact) mass is 355 g/mol. The number of halogens is 1. The summed E-state index contributed by atoms with van der Waals surface area (Å²) in [5.74, 6) is 0.903. The molecule has 132 valence electrons. The van der Waals surface area contributed by atoms with Gasteiger partial charge in [0.05, 0.1) is 0 Å². The van der Waals surface area contributed by atoms with Gasteiger partial charge in [-0.05, 0) is 36.1 Å². The van der Waals surface area contributed by atoms with E-state index in [2.05, 4.69) is 66.1 Å². The molecule has 0 spiro atoms. The minimum Gasteiger partial charge on any atom is -0.490 e. The molecule has 1 saturated carbocycles. The van der Waals surface area contributed by atoms with Gasteiger partial charge in [0.1, 0.15) is 12.4 Å². The quantitative estimate of drug-likeness (QED) is 0.562. The zero-order chi connectivity index (χ0) is 16.6. The van der Waals surface area contributed by atoms with Gasteiger partial charge in [0.2, 0.25) is 0 Å².